The number of hydrogen-bond acceptors (Lipinski definition) is 6. The van der Waals surface area contributed by atoms with Crippen molar-refractivity contribution >= 4 is 5.91 Å². The van der Waals surface area contributed by atoms with Gasteiger partial charge in [0.25, 0.3) is 5.89 Å². The van der Waals surface area contributed by atoms with Crippen molar-refractivity contribution in [2.45, 2.75) is 47.1 Å². The van der Waals surface area contributed by atoms with Gasteiger partial charge in [-0.3, -0.25) is 9.48 Å². The van der Waals surface area contributed by atoms with Gasteiger partial charge in [0.2, 0.25) is 11.8 Å². The van der Waals surface area contributed by atoms with Gasteiger partial charge >= 0.3 is 0 Å². The topological polar surface area (TPSA) is 99.0 Å². The largest absolute Gasteiger partial charge is 0.466 e. The number of nitrogens with one attached hydrogen (secondary N) is 1. The summed E-state index contributed by atoms with van der Waals surface area (Å²) in [5.74, 6) is 2.33. The third-order valence-electron chi connectivity index (χ3n) is 4.05. The van der Waals surface area contributed by atoms with Crippen LogP contribution in [0.5, 0.6) is 0 Å². The highest BCUT2D eigenvalue weighted by atomic mass is 16.4. The summed E-state index contributed by atoms with van der Waals surface area (Å²) >= 11 is 0. The number of amides is 1. The molecule has 0 aliphatic rings. The van der Waals surface area contributed by atoms with Gasteiger partial charge in [0, 0.05) is 25.1 Å². The highest BCUT2D eigenvalue weighted by Gasteiger charge is 2.15. The quantitative estimate of drug-likeness (QED) is 0.697. The van der Waals surface area contributed by atoms with E-state index in [4.69, 9.17) is 8.83 Å². The first-order valence-electron chi connectivity index (χ1n) is 8.60. The first kappa shape index (κ1) is 17.9. The van der Waals surface area contributed by atoms with Crippen LogP contribution in [0.25, 0.3) is 11.5 Å². The zero-order valence-electron chi connectivity index (χ0n) is 15.5. The fourth-order valence-corrected chi connectivity index (χ4v) is 2.82. The molecule has 138 valence electrons. The van der Waals surface area contributed by atoms with Crippen molar-refractivity contribution in [1.82, 2.24) is 25.3 Å². The molecule has 1 N–H and O–H groups in total. The van der Waals surface area contributed by atoms with Crippen LogP contribution in [0.4, 0.5) is 0 Å². The molecular weight excluding hydrogens is 334 g/mol. The Balaban J connectivity index is 1.46. The number of nitrogens with zero attached hydrogens (tertiary/aromatic N) is 4. The van der Waals surface area contributed by atoms with Crippen LogP contribution in [0.3, 0.4) is 0 Å². The lowest BCUT2D eigenvalue weighted by molar-refractivity contribution is -0.121. The van der Waals surface area contributed by atoms with E-state index in [0.29, 0.717) is 37.7 Å². The smallest absolute Gasteiger partial charge is 0.251 e. The first-order valence-corrected chi connectivity index (χ1v) is 8.60. The Hall–Kier alpha value is -2.90. The van der Waals surface area contributed by atoms with Crippen molar-refractivity contribution < 1.29 is 13.6 Å². The Morgan fingerprint density at radius 1 is 1.15 bits per heavy atom. The highest BCUT2D eigenvalue weighted by Crippen LogP contribution is 2.25. The normalized spacial score (nSPS) is 11.1. The van der Waals surface area contributed by atoms with Crippen LogP contribution in [-0.2, 0) is 17.8 Å². The molecule has 0 saturated carbocycles. The second kappa shape index (κ2) is 7.55. The van der Waals surface area contributed by atoms with E-state index >= 15 is 0 Å². The third-order valence-corrected chi connectivity index (χ3v) is 4.05. The molecule has 3 rings (SSSR count). The SMILES string of the molecule is Cc1cc(C)n(CCNC(=O)CCc2nnc(-c3cc(C)oc3C)o2)n1. The molecule has 0 unspecified atom stereocenters. The minimum Gasteiger partial charge on any atom is -0.466 e. The van der Waals surface area contributed by atoms with E-state index in [9.17, 15) is 4.79 Å². The highest BCUT2D eigenvalue weighted by molar-refractivity contribution is 5.75. The van der Waals surface area contributed by atoms with Crippen molar-refractivity contribution in [3.8, 4) is 11.5 Å². The van der Waals surface area contributed by atoms with Crippen LogP contribution in [0.15, 0.2) is 21.0 Å². The standard InChI is InChI=1S/C18H23N5O3/c1-11-9-12(2)23(22-11)8-7-19-16(24)5-6-17-20-21-18(26-17)15-10-13(3)25-14(15)4/h9-10H,5-8H2,1-4H3,(H,19,24). The number of hydrogen-bond donors (Lipinski definition) is 1. The maximum atomic E-state index is 12.0. The van der Waals surface area contributed by atoms with Gasteiger partial charge in [0.15, 0.2) is 0 Å². The number of aryl methyl sites for hydroxylation is 5. The van der Waals surface area contributed by atoms with Gasteiger partial charge in [0.1, 0.15) is 11.5 Å². The summed E-state index contributed by atoms with van der Waals surface area (Å²) in [4.78, 5) is 12.0. The van der Waals surface area contributed by atoms with Crippen LogP contribution < -0.4 is 5.32 Å². The molecule has 3 heterocycles. The molecule has 0 bridgehead atoms. The summed E-state index contributed by atoms with van der Waals surface area (Å²) in [7, 11) is 0. The fourth-order valence-electron chi connectivity index (χ4n) is 2.82. The van der Waals surface area contributed by atoms with Crippen molar-refractivity contribution in [2.24, 2.45) is 0 Å². The zero-order valence-corrected chi connectivity index (χ0v) is 15.5. The molecule has 0 atom stereocenters. The molecule has 8 heteroatoms. The van der Waals surface area contributed by atoms with Crippen LogP contribution in [0.1, 0.15) is 35.2 Å². The fraction of sp³-hybridized carbons (Fsp3) is 0.444. The molecule has 0 aromatic carbocycles. The lowest BCUT2D eigenvalue weighted by Gasteiger charge is -2.06. The van der Waals surface area contributed by atoms with Gasteiger partial charge in [-0.05, 0) is 39.8 Å². The number of furan rings is 1. The second-order valence-electron chi connectivity index (χ2n) is 6.33. The minimum atomic E-state index is -0.0541. The summed E-state index contributed by atoms with van der Waals surface area (Å²) in [5.41, 5.74) is 2.85. The predicted molar refractivity (Wildman–Crippen MR) is 94.5 cm³/mol. The first-order chi connectivity index (χ1) is 12.4. The van der Waals surface area contributed by atoms with Crippen LogP contribution >= 0.6 is 0 Å². The van der Waals surface area contributed by atoms with Gasteiger partial charge in [0.05, 0.1) is 17.8 Å². The number of carbonyl (C=O) groups excluding carboxylic acids is 1. The maximum absolute atomic E-state index is 12.0. The molecule has 0 saturated heterocycles. The number of carbonyl (C=O) groups is 1. The van der Waals surface area contributed by atoms with Crippen molar-refractivity contribution in [2.75, 3.05) is 6.54 Å². The molecule has 8 nitrogen and oxygen atoms in total. The van der Waals surface area contributed by atoms with Crippen LogP contribution in [-0.4, -0.2) is 32.4 Å². The molecule has 26 heavy (non-hydrogen) atoms. The maximum Gasteiger partial charge on any atom is 0.251 e. The van der Waals surface area contributed by atoms with Crippen molar-refractivity contribution in [3.05, 3.63) is 40.9 Å². The summed E-state index contributed by atoms with van der Waals surface area (Å²) in [6, 6.07) is 3.87. The molecule has 3 aromatic rings. The van der Waals surface area contributed by atoms with Crippen LogP contribution in [0, 0.1) is 27.7 Å². The van der Waals surface area contributed by atoms with Gasteiger partial charge in [-0.15, -0.1) is 10.2 Å². The monoisotopic (exact) mass is 357 g/mol. The molecule has 0 spiro atoms. The van der Waals surface area contributed by atoms with E-state index in [1.807, 2.05) is 44.5 Å². The summed E-state index contributed by atoms with van der Waals surface area (Å²) in [6.07, 6.45) is 0.691. The average molecular weight is 357 g/mol. The predicted octanol–water partition coefficient (Wildman–Crippen LogP) is 2.51. The number of aromatic nitrogens is 4. The Bertz CT molecular complexity index is 906. The lowest BCUT2D eigenvalue weighted by Crippen LogP contribution is -2.28. The van der Waals surface area contributed by atoms with E-state index in [1.165, 1.54) is 0 Å². The minimum absolute atomic E-state index is 0.0541. The van der Waals surface area contributed by atoms with Crippen molar-refractivity contribution in [1.29, 1.82) is 0 Å². The van der Waals surface area contributed by atoms with E-state index in [1.54, 1.807) is 0 Å². The molecule has 0 aliphatic heterocycles. The molecule has 1 amide bonds. The molecular formula is C18H23N5O3. The van der Waals surface area contributed by atoms with Gasteiger partial charge in [-0.25, -0.2) is 0 Å². The Morgan fingerprint density at radius 3 is 2.62 bits per heavy atom. The van der Waals surface area contributed by atoms with E-state index in [2.05, 4.69) is 20.6 Å². The molecule has 0 aliphatic carbocycles. The third kappa shape index (κ3) is 4.19. The van der Waals surface area contributed by atoms with E-state index in [0.717, 1.165) is 28.5 Å². The van der Waals surface area contributed by atoms with Gasteiger partial charge in [-0.2, -0.15) is 5.10 Å². The summed E-state index contributed by atoms with van der Waals surface area (Å²) < 4.78 is 13.0. The van der Waals surface area contributed by atoms with Gasteiger partial charge in [-0.1, -0.05) is 0 Å². The van der Waals surface area contributed by atoms with Crippen LogP contribution in [0.2, 0.25) is 0 Å². The van der Waals surface area contributed by atoms with Crippen molar-refractivity contribution in [3.63, 3.8) is 0 Å². The van der Waals surface area contributed by atoms with Gasteiger partial charge < -0.3 is 14.2 Å². The Kier molecular flexibility index (Phi) is 5.20. The lowest BCUT2D eigenvalue weighted by atomic mass is 10.2. The second-order valence-corrected chi connectivity index (χ2v) is 6.33. The zero-order chi connectivity index (χ0) is 18.7. The molecule has 3 aromatic heterocycles. The number of rotatable bonds is 7. The summed E-state index contributed by atoms with van der Waals surface area (Å²) in [5, 5.41) is 15.3. The average Bonchev–Trinajstić information content (AvgIpc) is 3.25. The Labute approximate surface area is 151 Å². The van der Waals surface area contributed by atoms with E-state index in [-0.39, 0.29) is 5.91 Å². The Morgan fingerprint density at radius 2 is 1.96 bits per heavy atom. The summed E-state index contributed by atoms with van der Waals surface area (Å²) in [6.45, 7) is 8.84. The van der Waals surface area contributed by atoms with E-state index < -0.39 is 0 Å². The molecule has 0 radical (unpaired) electrons. The molecule has 0 fully saturated rings.